The van der Waals surface area contributed by atoms with E-state index in [1.165, 1.54) is 32.4 Å². The zero-order valence-corrected chi connectivity index (χ0v) is 16.3. The van der Waals surface area contributed by atoms with Gasteiger partial charge in [0.15, 0.2) is 0 Å². The first-order valence-electron chi connectivity index (χ1n) is 8.21. The summed E-state index contributed by atoms with van der Waals surface area (Å²) in [5.74, 6) is -0.291. The van der Waals surface area contributed by atoms with Gasteiger partial charge in [0, 0.05) is 23.1 Å². The number of fused-ring (bicyclic) bond motifs is 1. The molecular weight excluding hydrogens is 402 g/mol. The lowest BCUT2D eigenvalue weighted by molar-refractivity contribution is 0.0473. The van der Waals surface area contributed by atoms with Gasteiger partial charge in [-0.2, -0.15) is 0 Å². The number of esters is 1. The van der Waals surface area contributed by atoms with Crippen LogP contribution in [-0.2, 0) is 21.4 Å². The van der Waals surface area contributed by atoms with E-state index < -0.39 is 21.6 Å². The molecule has 0 aliphatic heterocycles. The van der Waals surface area contributed by atoms with E-state index >= 15 is 0 Å². The number of ether oxygens (including phenoxy) is 3. The van der Waals surface area contributed by atoms with E-state index in [1.54, 1.807) is 18.2 Å². The van der Waals surface area contributed by atoms with Gasteiger partial charge in [0.2, 0.25) is 10.0 Å². The third kappa shape index (κ3) is 4.39. The van der Waals surface area contributed by atoms with Gasteiger partial charge in [0.05, 0.1) is 19.8 Å². The third-order valence-electron chi connectivity index (χ3n) is 4.10. The second-order valence-electron chi connectivity index (χ2n) is 5.94. The number of nitrogens with two attached hydrogens (primary N) is 1. The predicted octanol–water partition coefficient (Wildman–Crippen LogP) is 1.81. The average molecular weight is 419 g/mol. The Hall–Kier alpha value is -3.37. The van der Waals surface area contributed by atoms with Crippen molar-refractivity contribution in [3.05, 3.63) is 64.0 Å². The molecule has 0 aliphatic rings. The highest BCUT2D eigenvalue weighted by atomic mass is 32.2. The SMILES string of the molecule is COc1ccc2c(COC(=O)c3ccc(OC)c(S(N)(=O)=O)c3)cc(=O)oc2c1. The lowest BCUT2D eigenvalue weighted by Gasteiger charge is -2.10. The highest BCUT2D eigenvalue weighted by Crippen LogP contribution is 2.25. The Morgan fingerprint density at radius 1 is 1.07 bits per heavy atom. The fraction of sp³-hybridized carbons (Fsp3) is 0.158. The van der Waals surface area contributed by atoms with Gasteiger partial charge in [0.25, 0.3) is 0 Å². The lowest BCUT2D eigenvalue weighted by Crippen LogP contribution is -2.15. The van der Waals surface area contributed by atoms with E-state index in [0.29, 0.717) is 16.7 Å². The summed E-state index contributed by atoms with van der Waals surface area (Å²) in [5.41, 5.74) is 0.0535. The molecule has 0 saturated carbocycles. The highest BCUT2D eigenvalue weighted by Gasteiger charge is 2.19. The van der Waals surface area contributed by atoms with Gasteiger partial charge < -0.3 is 18.6 Å². The molecule has 10 heteroatoms. The number of primary sulfonamides is 1. The van der Waals surface area contributed by atoms with Crippen LogP contribution in [0.3, 0.4) is 0 Å². The van der Waals surface area contributed by atoms with Crippen LogP contribution in [0.15, 0.2) is 56.6 Å². The van der Waals surface area contributed by atoms with Crippen LogP contribution >= 0.6 is 0 Å². The zero-order valence-electron chi connectivity index (χ0n) is 15.5. The Kier molecular flexibility index (Phi) is 5.57. The molecular formula is C19H17NO8S. The number of carbonyl (C=O) groups is 1. The van der Waals surface area contributed by atoms with Gasteiger partial charge in [-0.3, -0.25) is 0 Å². The molecule has 1 heterocycles. The van der Waals surface area contributed by atoms with E-state index in [4.69, 9.17) is 23.8 Å². The molecule has 2 N–H and O–H groups in total. The molecule has 0 atom stereocenters. The molecule has 0 bridgehead atoms. The number of hydrogen-bond donors (Lipinski definition) is 1. The molecule has 0 saturated heterocycles. The van der Waals surface area contributed by atoms with Gasteiger partial charge in [-0.25, -0.2) is 23.1 Å². The van der Waals surface area contributed by atoms with Crippen molar-refractivity contribution in [3.63, 3.8) is 0 Å². The van der Waals surface area contributed by atoms with Crippen molar-refractivity contribution < 1.29 is 31.8 Å². The van der Waals surface area contributed by atoms with Crippen molar-refractivity contribution in [2.75, 3.05) is 14.2 Å². The molecule has 1 aromatic heterocycles. The van der Waals surface area contributed by atoms with Gasteiger partial charge in [-0.05, 0) is 30.3 Å². The van der Waals surface area contributed by atoms with Gasteiger partial charge >= 0.3 is 11.6 Å². The fourth-order valence-electron chi connectivity index (χ4n) is 2.71. The molecule has 3 aromatic rings. The van der Waals surface area contributed by atoms with E-state index in [2.05, 4.69) is 0 Å². The van der Waals surface area contributed by atoms with Crippen LogP contribution < -0.4 is 20.2 Å². The van der Waals surface area contributed by atoms with E-state index in [1.807, 2.05) is 0 Å². The number of carbonyl (C=O) groups excluding carboxylic acids is 1. The molecule has 2 aromatic carbocycles. The number of sulfonamides is 1. The number of benzene rings is 2. The maximum Gasteiger partial charge on any atom is 0.338 e. The summed E-state index contributed by atoms with van der Waals surface area (Å²) in [4.78, 5) is 23.9. The number of rotatable bonds is 6. The molecule has 29 heavy (non-hydrogen) atoms. The summed E-state index contributed by atoms with van der Waals surface area (Å²) in [6.45, 7) is -0.232. The maximum absolute atomic E-state index is 12.4. The quantitative estimate of drug-likeness (QED) is 0.472. The van der Waals surface area contributed by atoms with E-state index in [9.17, 15) is 18.0 Å². The molecule has 9 nitrogen and oxygen atoms in total. The Morgan fingerprint density at radius 3 is 2.48 bits per heavy atom. The van der Waals surface area contributed by atoms with Crippen molar-refractivity contribution in [1.29, 1.82) is 0 Å². The molecule has 0 amide bonds. The molecule has 0 spiro atoms. The molecule has 3 rings (SSSR count). The van der Waals surface area contributed by atoms with Crippen LogP contribution in [0, 0.1) is 0 Å². The van der Waals surface area contributed by atoms with Crippen LogP contribution in [-0.4, -0.2) is 28.6 Å². The predicted molar refractivity (Wildman–Crippen MR) is 103 cm³/mol. The minimum absolute atomic E-state index is 0.00431. The minimum Gasteiger partial charge on any atom is -0.497 e. The van der Waals surface area contributed by atoms with Crippen molar-refractivity contribution in [2.24, 2.45) is 5.14 Å². The maximum atomic E-state index is 12.4. The standard InChI is InChI=1S/C19H17NO8S/c1-25-13-4-5-14-12(8-18(21)28-16(14)9-13)10-27-19(22)11-3-6-15(26-2)17(7-11)29(20,23)24/h3-9H,10H2,1-2H3,(H2,20,23,24). The second kappa shape index (κ2) is 7.94. The molecule has 0 aliphatic carbocycles. The minimum atomic E-state index is -4.11. The van der Waals surface area contributed by atoms with Gasteiger partial charge in [0.1, 0.15) is 28.6 Å². The Labute approximate surface area is 165 Å². The first kappa shape index (κ1) is 20.4. The summed E-state index contributed by atoms with van der Waals surface area (Å²) in [7, 11) is -1.35. The van der Waals surface area contributed by atoms with Crippen LogP contribution in [0.1, 0.15) is 15.9 Å². The van der Waals surface area contributed by atoms with Crippen LogP contribution in [0.25, 0.3) is 11.0 Å². The van der Waals surface area contributed by atoms with Crippen LogP contribution in [0.2, 0.25) is 0 Å². The zero-order chi connectivity index (χ0) is 21.2. The van der Waals surface area contributed by atoms with Crippen molar-refractivity contribution in [1.82, 2.24) is 0 Å². The molecule has 152 valence electrons. The smallest absolute Gasteiger partial charge is 0.338 e. The van der Waals surface area contributed by atoms with Gasteiger partial charge in [-0.1, -0.05) is 0 Å². The average Bonchev–Trinajstić information content (AvgIpc) is 2.69. The Bertz CT molecular complexity index is 1250. The lowest BCUT2D eigenvalue weighted by atomic mass is 10.1. The number of methoxy groups -OCH3 is 2. The molecule has 0 radical (unpaired) electrons. The third-order valence-corrected chi connectivity index (χ3v) is 5.03. The molecule has 0 fully saturated rings. The Morgan fingerprint density at radius 2 is 1.83 bits per heavy atom. The summed E-state index contributed by atoms with van der Waals surface area (Å²) in [6, 6.07) is 9.82. The first-order chi connectivity index (χ1) is 13.7. The van der Waals surface area contributed by atoms with E-state index in [0.717, 1.165) is 6.07 Å². The Balaban J connectivity index is 1.89. The largest absolute Gasteiger partial charge is 0.497 e. The normalized spacial score (nSPS) is 11.3. The summed E-state index contributed by atoms with van der Waals surface area (Å²) < 4.78 is 43.8. The monoisotopic (exact) mass is 419 g/mol. The number of hydrogen-bond acceptors (Lipinski definition) is 8. The van der Waals surface area contributed by atoms with Crippen molar-refractivity contribution >= 4 is 27.0 Å². The summed E-state index contributed by atoms with van der Waals surface area (Å²) in [5, 5.41) is 5.72. The van der Waals surface area contributed by atoms with E-state index in [-0.39, 0.29) is 28.4 Å². The molecule has 0 unspecified atom stereocenters. The first-order valence-corrected chi connectivity index (χ1v) is 9.76. The van der Waals surface area contributed by atoms with Gasteiger partial charge in [-0.15, -0.1) is 0 Å². The summed E-state index contributed by atoms with van der Waals surface area (Å²) in [6.07, 6.45) is 0. The van der Waals surface area contributed by atoms with Crippen molar-refractivity contribution in [2.45, 2.75) is 11.5 Å². The summed E-state index contributed by atoms with van der Waals surface area (Å²) >= 11 is 0. The topological polar surface area (TPSA) is 135 Å². The van der Waals surface area contributed by atoms with Crippen molar-refractivity contribution in [3.8, 4) is 11.5 Å². The fourth-order valence-corrected chi connectivity index (χ4v) is 3.43. The van der Waals surface area contributed by atoms with Crippen LogP contribution in [0.5, 0.6) is 11.5 Å². The highest BCUT2D eigenvalue weighted by molar-refractivity contribution is 7.89. The van der Waals surface area contributed by atoms with Crippen LogP contribution in [0.4, 0.5) is 0 Å². The second-order valence-corrected chi connectivity index (χ2v) is 7.47.